The van der Waals surface area contributed by atoms with Crippen molar-refractivity contribution in [2.75, 3.05) is 24.0 Å². The molecule has 108 valence electrons. The van der Waals surface area contributed by atoms with Crippen molar-refractivity contribution in [1.82, 2.24) is 29.7 Å². The van der Waals surface area contributed by atoms with Crippen molar-refractivity contribution >= 4 is 29.3 Å². The van der Waals surface area contributed by atoms with Gasteiger partial charge in [-0.05, 0) is 24.3 Å². The van der Waals surface area contributed by atoms with Crippen molar-refractivity contribution < 1.29 is 0 Å². The summed E-state index contributed by atoms with van der Waals surface area (Å²) in [6, 6.07) is 0.340. The van der Waals surface area contributed by atoms with Gasteiger partial charge in [0.2, 0.25) is 11.2 Å². The van der Waals surface area contributed by atoms with Gasteiger partial charge in [0.25, 0.3) is 5.95 Å². The van der Waals surface area contributed by atoms with Crippen molar-refractivity contribution in [2.24, 2.45) is 0 Å². The number of aromatic nitrogens is 6. The van der Waals surface area contributed by atoms with Crippen molar-refractivity contribution in [3.63, 3.8) is 0 Å². The summed E-state index contributed by atoms with van der Waals surface area (Å²) >= 11 is 7.77. The smallest absolute Gasteiger partial charge is 0.258 e. The van der Waals surface area contributed by atoms with E-state index in [1.165, 1.54) is 17.3 Å². The summed E-state index contributed by atoms with van der Waals surface area (Å²) in [6.07, 6.45) is 6.02. The summed E-state index contributed by atoms with van der Waals surface area (Å²) in [6.45, 7) is 2.14. The summed E-state index contributed by atoms with van der Waals surface area (Å²) in [7, 11) is 1.96. The Morgan fingerprint density at radius 2 is 2.20 bits per heavy atom. The zero-order valence-corrected chi connectivity index (χ0v) is 13.1. The third-order valence-corrected chi connectivity index (χ3v) is 3.79. The highest BCUT2D eigenvalue weighted by molar-refractivity contribution is 7.98. The Labute approximate surface area is 126 Å². The van der Waals surface area contributed by atoms with Crippen LogP contribution in [0.5, 0.6) is 0 Å². The molecule has 0 aliphatic heterocycles. The highest BCUT2D eigenvalue weighted by Gasteiger charge is 2.17. The van der Waals surface area contributed by atoms with E-state index >= 15 is 0 Å². The molecular weight excluding hydrogens is 298 g/mol. The molecule has 0 N–H and O–H groups in total. The molecule has 0 radical (unpaired) electrons. The van der Waals surface area contributed by atoms with Crippen LogP contribution in [0.3, 0.4) is 0 Å². The zero-order valence-electron chi connectivity index (χ0n) is 11.6. The third-order valence-electron chi connectivity index (χ3n) is 2.90. The summed E-state index contributed by atoms with van der Waals surface area (Å²) in [5.74, 6) is 1.90. The molecule has 0 bridgehead atoms. The van der Waals surface area contributed by atoms with E-state index in [1.54, 1.807) is 11.8 Å². The molecule has 9 heteroatoms. The average molecular weight is 314 g/mol. The maximum Gasteiger partial charge on any atom is 0.258 e. The fourth-order valence-corrected chi connectivity index (χ4v) is 2.76. The molecule has 0 spiro atoms. The predicted molar refractivity (Wildman–Crippen MR) is 80.6 cm³/mol. The number of hydrogen-bond acceptors (Lipinski definition) is 7. The van der Waals surface area contributed by atoms with Gasteiger partial charge in [-0.1, -0.05) is 6.92 Å². The van der Waals surface area contributed by atoms with Crippen LogP contribution < -0.4 is 4.90 Å². The summed E-state index contributed by atoms with van der Waals surface area (Å²) in [5.41, 5.74) is 0. The van der Waals surface area contributed by atoms with Crippen molar-refractivity contribution in [3.8, 4) is 5.95 Å². The van der Waals surface area contributed by atoms with Gasteiger partial charge in [0.05, 0.1) is 0 Å². The van der Waals surface area contributed by atoms with Crippen molar-refractivity contribution in [1.29, 1.82) is 0 Å². The lowest BCUT2D eigenvalue weighted by Crippen LogP contribution is -2.34. The van der Waals surface area contributed by atoms with Gasteiger partial charge in [-0.3, -0.25) is 0 Å². The number of halogens is 1. The normalized spacial score (nSPS) is 12.4. The molecule has 2 aromatic rings. The minimum absolute atomic E-state index is 0.145. The molecule has 1 atom stereocenters. The molecular formula is C11H16ClN7S. The molecule has 7 nitrogen and oxygen atoms in total. The van der Waals surface area contributed by atoms with Crippen LogP contribution >= 0.6 is 23.4 Å². The van der Waals surface area contributed by atoms with Crippen LogP contribution in [0.15, 0.2) is 12.7 Å². The first-order valence-electron chi connectivity index (χ1n) is 6.14. The largest absolute Gasteiger partial charge is 0.340 e. The topological polar surface area (TPSA) is 72.6 Å². The van der Waals surface area contributed by atoms with Crippen LogP contribution in [0.25, 0.3) is 5.95 Å². The molecule has 20 heavy (non-hydrogen) atoms. The van der Waals surface area contributed by atoms with E-state index in [1.807, 2.05) is 11.9 Å². The minimum Gasteiger partial charge on any atom is -0.340 e. The second kappa shape index (κ2) is 6.85. The van der Waals surface area contributed by atoms with Gasteiger partial charge in [-0.15, -0.1) is 0 Å². The standard InChI is InChI=1S/C11H16ClN7S/c1-4-8(5-20-3)18(2)10-15-9(12)16-11(17-10)19-7-13-6-14-19/h6-8H,4-5H2,1-3H3. The van der Waals surface area contributed by atoms with Crippen LogP contribution in [-0.2, 0) is 0 Å². The van der Waals surface area contributed by atoms with Crippen LogP contribution in [0.1, 0.15) is 13.3 Å². The maximum atomic E-state index is 5.98. The van der Waals surface area contributed by atoms with Gasteiger partial charge in [-0.25, -0.2) is 4.98 Å². The van der Waals surface area contributed by atoms with E-state index in [9.17, 15) is 0 Å². The molecule has 0 aliphatic carbocycles. The Bertz CT molecular complexity index is 548. The Morgan fingerprint density at radius 1 is 1.40 bits per heavy atom. The summed E-state index contributed by atoms with van der Waals surface area (Å²) < 4.78 is 1.46. The quantitative estimate of drug-likeness (QED) is 0.803. The van der Waals surface area contributed by atoms with E-state index in [2.05, 4.69) is 38.2 Å². The molecule has 0 saturated heterocycles. The molecule has 1 unspecified atom stereocenters. The SMILES string of the molecule is CCC(CSC)N(C)c1nc(Cl)nc(-n2cncn2)n1. The Morgan fingerprint density at radius 3 is 2.80 bits per heavy atom. The molecule has 0 saturated carbocycles. The van der Waals surface area contributed by atoms with Gasteiger partial charge in [0.1, 0.15) is 12.7 Å². The number of hydrogen-bond donors (Lipinski definition) is 0. The Hall–Kier alpha value is -1.41. The van der Waals surface area contributed by atoms with E-state index in [-0.39, 0.29) is 5.28 Å². The maximum absolute atomic E-state index is 5.98. The van der Waals surface area contributed by atoms with E-state index in [4.69, 9.17) is 11.6 Å². The molecule has 2 heterocycles. The number of nitrogens with zero attached hydrogens (tertiary/aromatic N) is 7. The van der Waals surface area contributed by atoms with E-state index < -0.39 is 0 Å². The monoisotopic (exact) mass is 313 g/mol. The fraction of sp³-hybridized carbons (Fsp3) is 0.545. The molecule has 2 rings (SSSR count). The van der Waals surface area contributed by atoms with Crippen molar-refractivity contribution in [2.45, 2.75) is 19.4 Å². The number of anilines is 1. The third kappa shape index (κ3) is 3.37. The lowest BCUT2D eigenvalue weighted by Gasteiger charge is -2.26. The first-order valence-corrected chi connectivity index (χ1v) is 7.91. The highest BCUT2D eigenvalue weighted by Crippen LogP contribution is 2.17. The fourth-order valence-electron chi connectivity index (χ4n) is 1.76. The second-order valence-corrected chi connectivity index (χ2v) is 5.42. The van der Waals surface area contributed by atoms with Crippen molar-refractivity contribution in [3.05, 3.63) is 17.9 Å². The van der Waals surface area contributed by atoms with Gasteiger partial charge < -0.3 is 4.90 Å². The first kappa shape index (κ1) is 15.0. The molecule has 0 amide bonds. The molecule has 0 fully saturated rings. The highest BCUT2D eigenvalue weighted by atomic mass is 35.5. The van der Waals surface area contributed by atoms with Crippen LogP contribution in [0.4, 0.5) is 5.95 Å². The van der Waals surface area contributed by atoms with E-state index in [0.717, 1.165) is 12.2 Å². The van der Waals surface area contributed by atoms with Gasteiger partial charge in [0.15, 0.2) is 0 Å². The van der Waals surface area contributed by atoms with E-state index in [0.29, 0.717) is 17.9 Å². The first-order chi connectivity index (χ1) is 9.65. The lowest BCUT2D eigenvalue weighted by molar-refractivity contribution is 0.650. The molecule has 2 aromatic heterocycles. The Balaban J connectivity index is 2.32. The second-order valence-electron chi connectivity index (χ2n) is 4.17. The van der Waals surface area contributed by atoms with Crippen LogP contribution in [0, 0.1) is 0 Å². The van der Waals surface area contributed by atoms with Gasteiger partial charge in [0, 0.05) is 18.8 Å². The lowest BCUT2D eigenvalue weighted by atomic mass is 10.2. The predicted octanol–water partition coefficient (Wildman–Crippen LogP) is 1.68. The van der Waals surface area contributed by atoms with Crippen LogP contribution in [-0.4, -0.2) is 54.8 Å². The summed E-state index contributed by atoms with van der Waals surface area (Å²) in [5, 5.41) is 4.15. The molecule has 0 aromatic carbocycles. The summed E-state index contributed by atoms with van der Waals surface area (Å²) in [4.78, 5) is 18.5. The minimum atomic E-state index is 0.145. The van der Waals surface area contributed by atoms with Crippen LogP contribution in [0.2, 0.25) is 5.28 Å². The van der Waals surface area contributed by atoms with Gasteiger partial charge in [-0.2, -0.15) is 36.5 Å². The zero-order chi connectivity index (χ0) is 14.5. The Kier molecular flexibility index (Phi) is 5.13. The average Bonchev–Trinajstić information content (AvgIpc) is 2.97. The number of rotatable bonds is 6. The number of thioether (sulfide) groups is 1. The molecule has 0 aliphatic rings. The van der Waals surface area contributed by atoms with Gasteiger partial charge >= 0.3 is 0 Å².